The van der Waals surface area contributed by atoms with Crippen molar-refractivity contribution >= 4 is 30.1 Å². The van der Waals surface area contributed by atoms with Crippen LogP contribution in [0.15, 0.2) is 54.2 Å². The Bertz CT molecular complexity index is 785. The summed E-state index contributed by atoms with van der Waals surface area (Å²) in [6.07, 6.45) is 5.47. The zero-order valence-electron chi connectivity index (χ0n) is 15.5. The minimum absolute atomic E-state index is 0. The number of nitrogens with zero attached hydrogens (tertiary/aromatic N) is 1. The highest BCUT2D eigenvalue weighted by molar-refractivity contribution is 5.88. The van der Waals surface area contributed by atoms with Crippen LogP contribution in [0.4, 0.5) is 5.69 Å². The molecule has 1 N–H and O–H groups in total. The number of nitrogens with one attached hydrogen (secondary N) is 1. The summed E-state index contributed by atoms with van der Waals surface area (Å²) in [6.45, 7) is 5.84. The Morgan fingerprint density at radius 2 is 1.92 bits per heavy atom. The van der Waals surface area contributed by atoms with Gasteiger partial charge in [0.25, 0.3) is 0 Å². The van der Waals surface area contributed by atoms with Gasteiger partial charge < -0.3 is 10.2 Å². The lowest BCUT2D eigenvalue weighted by Crippen LogP contribution is -2.26. The summed E-state index contributed by atoms with van der Waals surface area (Å²) < 4.78 is 0. The Morgan fingerprint density at radius 3 is 2.65 bits per heavy atom. The van der Waals surface area contributed by atoms with Gasteiger partial charge in [-0.2, -0.15) is 0 Å². The molecule has 0 fully saturated rings. The summed E-state index contributed by atoms with van der Waals surface area (Å²) in [6, 6.07) is 16.8. The van der Waals surface area contributed by atoms with Crippen LogP contribution in [0.3, 0.4) is 0 Å². The number of carbonyl (C=O) groups excluding carboxylic acids is 1. The number of benzene rings is 2. The number of amides is 1. The van der Waals surface area contributed by atoms with Gasteiger partial charge in [-0.15, -0.1) is 12.4 Å². The maximum atomic E-state index is 11.2. The molecule has 2 aromatic rings. The van der Waals surface area contributed by atoms with E-state index in [0.29, 0.717) is 0 Å². The number of halogens is 1. The fourth-order valence-corrected chi connectivity index (χ4v) is 3.41. The molecular weight excluding hydrogens is 344 g/mol. The Morgan fingerprint density at radius 1 is 1.12 bits per heavy atom. The maximum absolute atomic E-state index is 11.2. The molecular formula is C22H27ClN2O. The van der Waals surface area contributed by atoms with Gasteiger partial charge in [-0.3, -0.25) is 4.79 Å². The summed E-state index contributed by atoms with van der Waals surface area (Å²) >= 11 is 0. The molecule has 0 bridgehead atoms. The molecule has 3 nitrogen and oxygen atoms in total. The van der Waals surface area contributed by atoms with Crippen LogP contribution in [-0.4, -0.2) is 23.9 Å². The number of hydrogen-bond donors (Lipinski definition) is 1. The molecule has 0 saturated heterocycles. The van der Waals surface area contributed by atoms with E-state index in [4.69, 9.17) is 0 Å². The molecule has 138 valence electrons. The van der Waals surface area contributed by atoms with Crippen LogP contribution in [0, 0.1) is 0 Å². The maximum Gasteiger partial charge on any atom is 0.221 e. The third-order valence-corrected chi connectivity index (χ3v) is 4.57. The second-order valence-electron chi connectivity index (χ2n) is 6.63. The average Bonchev–Trinajstić information content (AvgIpc) is 3.02. The van der Waals surface area contributed by atoms with E-state index in [2.05, 4.69) is 59.6 Å². The highest BCUT2D eigenvalue weighted by atomic mass is 35.5. The van der Waals surface area contributed by atoms with E-state index in [-0.39, 0.29) is 18.3 Å². The number of anilines is 1. The van der Waals surface area contributed by atoms with Crippen molar-refractivity contribution in [3.05, 3.63) is 70.9 Å². The number of carbonyl (C=O) groups is 1. The van der Waals surface area contributed by atoms with Gasteiger partial charge in [0, 0.05) is 37.8 Å². The van der Waals surface area contributed by atoms with Crippen molar-refractivity contribution in [2.75, 3.05) is 18.4 Å². The molecule has 4 heteroatoms. The highest BCUT2D eigenvalue weighted by Crippen LogP contribution is 2.27. The van der Waals surface area contributed by atoms with Crippen LogP contribution in [0.5, 0.6) is 0 Å². The van der Waals surface area contributed by atoms with Crippen LogP contribution in [0.2, 0.25) is 0 Å². The molecule has 1 aliphatic rings. The van der Waals surface area contributed by atoms with Gasteiger partial charge in [0.1, 0.15) is 0 Å². The first-order valence-electron chi connectivity index (χ1n) is 9.05. The Balaban J connectivity index is 0.00000243. The van der Waals surface area contributed by atoms with Gasteiger partial charge in [-0.25, -0.2) is 0 Å². The van der Waals surface area contributed by atoms with Crippen LogP contribution < -0.4 is 5.32 Å². The molecule has 0 unspecified atom stereocenters. The molecule has 0 aliphatic heterocycles. The molecule has 0 aromatic heterocycles. The van der Waals surface area contributed by atoms with Crippen LogP contribution in [0.1, 0.15) is 37.0 Å². The summed E-state index contributed by atoms with van der Waals surface area (Å²) in [5.74, 6) is -0.0290. The third-order valence-electron chi connectivity index (χ3n) is 4.57. The third kappa shape index (κ3) is 5.12. The molecule has 1 amide bonds. The zero-order chi connectivity index (χ0) is 17.6. The summed E-state index contributed by atoms with van der Waals surface area (Å²) in [7, 11) is 0. The molecule has 2 aromatic carbocycles. The van der Waals surface area contributed by atoms with Gasteiger partial charge in [0.05, 0.1) is 0 Å². The quantitative estimate of drug-likeness (QED) is 0.750. The topological polar surface area (TPSA) is 32.3 Å². The Labute approximate surface area is 162 Å². The minimum atomic E-state index is -0.0290. The van der Waals surface area contributed by atoms with Gasteiger partial charge in [-0.05, 0) is 47.7 Å². The molecule has 0 spiro atoms. The zero-order valence-corrected chi connectivity index (χ0v) is 16.3. The summed E-state index contributed by atoms with van der Waals surface area (Å²) in [5.41, 5.74) is 6.32. The van der Waals surface area contributed by atoms with Crippen LogP contribution in [0.25, 0.3) is 6.08 Å². The van der Waals surface area contributed by atoms with Gasteiger partial charge in [0.15, 0.2) is 0 Å². The fraction of sp³-hybridized carbons (Fsp3) is 0.318. The summed E-state index contributed by atoms with van der Waals surface area (Å²) in [5, 5.41) is 2.86. The van der Waals surface area contributed by atoms with E-state index >= 15 is 0 Å². The predicted octanol–water partition coefficient (Wildman–Crippen LogP) is 4.92. The van der Waals surface area contributed by atoms with Crippen molar-refractivity contribution in [2.45, 2.75) is 33.1 Å². The predicted molar refractivity (Wildman–Crippen MR) is 112 cm³/mol. The van der Waals surface area contributed by atoms with Crippen molar-refractivity contribution in [2.24, 2.45) is 0 Å². The number of fused-ring (bicyclic) bond motifs is 1. The lowest BCUT2D eigenvalue weighted by molar-refractivity contribution is -0.114. The first-order valence-corrected chi connectivity index (χ1v) is 9.05. The van der Waals surface area contributed by atoms with Crippen LogP contribution in [-0.2, 0) is 17.6 Å². The van der Waals surface area contributed by atoms with Crippen LogP contribution >= 0.6 is 12.4 Å². The van der Waals surface area contributed by atoms with Gasteiger partial charge >= 0.3 is 0 Å². The Kier molecular flexibility index (Phi) is 7.28. The molecule has 26 heavy (non-hydrogen) atoms. The van der Waals surface area contributed by atoms with E-state index < -0.39 is 0 Å². The van der Waals surface area contributed by atoms with E-state index in [0.717, 1.165) is 38.0 Å². The molecule has 0 saturated carbocycles. The second kappa shape index (κ2) is 9.44. The van der Waals surface area contributed by atoms with Gasteiger partial charge in [-0.1, -0.05) is 43.3 Å². The monoisotopic (exact) mass is 370 g/mol. The number of allylic oxidation sites excluding steroid dienone is 1. The number of hydrogen-bond acceptors (Lipinski definition) is 2. The highest BCUT2D eigenvalue weighted by Gasteiger charge is 2.17. The van der Waals surface area contributed by atoms with Gasteiger partial charge in [0.2, 0.25) is 5.91 Å². The molecule has 0 atom stereocenters. The lowest BCUT2D eigenvalue weighted by atomic mass is 10.1. The number of rotatable bonds is 7. The normalized spacial score (nSPS) is 12.0. The van der Waals surface area contributed by atoms with Crippen molar-refractivity contribution in [1.82, 2.24) is 4.90 Å². The molecule has 0 radical (unpaired) electrons. The van der Waals surface area contributed by atoms with Crippen molar-refractivity contribution in [3.8, 4) is 0 Å². The lowest BCUT2D eigenvalue weighted by Gasteiger charge is -2.25. The van der Waals surface area contributed by atoms with Crippen molar-refractivity contribution < 1.29 is 4.79 Å². The largest absolute Gasteiger partial charge is 0.374 e. The van der Waals surface area contributed by atoms with E-state index in [9.17, 15) is 4.79 Å². The Hall–Kier alpha value is -2.26. The standard InChI is InChI=1S/C22H26N2O.ClH/c1-3-12-24(22-15-19-8-4-5-9-20(19)16-22)13-11-18-7-6-10-21(14-18)23-17(2)25;/h4-10,14-15H,3,11-13,16H2,1-2H3,(H,23,25);1H. The SMILES string of the molecule is CCCN(CCc1cccc(NC(C)=O)c1)C1=Cc2ccccc2C1.Cl. The average molecular weight is 371 g/mol. The van der Waals surface area contributed by atoms with E-state index in [1.807, 2.05) is 12.1 Å². The van der Waals surface area contributed by atoms with Crippen molar-refractivity contribution in [1.29, 1.82) is 0 Å². The molecule has 1 aliphatic carbocycles. The van der Waals surface area contributed by atoms with E-state index in [1.165, 1.54) is 22.4 Å². The second-order valence-corrected chi connectivity index (χ2v) is 6.63. The fourth-order valence-electron chi connectivity index (χ4n) is 3.41. The first kappa shape index (κ1) is 20.1. The summed E-state index contributed by atoms with van der Waals surface area (Å²) in [4.78, 5) is 13.7. The molecule has 3 rings (SSSR count). The minimum Gasteiger partial charge on any atom is -0.374 e. The smallest absolute Gasteiger partial charge is 0.221 e. The van der Waals surface area contributed by atoms with Crippen molar-refractivity contribution in [3.63, 3.8) is 0 Å². The molecule has 0 heterocycles. The van der Waals surface area contributed by atoms with E-state index in [1.54, 1.807) is 6.92 Å². The first-order chi connectivity index (χ1) is 12.2.